The predicted octanol–water partition coefficient (Wildman–Crippen LogP) is 4.70. The van der Waals surface area contributed by atoms with Crippen LogP contribution in [0.15, 0.2) is 12.1 Å². The third-order valence-corrected chi connectivity index (χ3v) is 5.16. The first-order chi connectivity index (χ1) is 8.20. The maximum atomic E-state index is 10.4. The molecule has 1 nitrogen and oxygen atoms in total. The van der Waals surface area contributed by atoms with Gasteiger partial charge in [0.2, 0.25) is 0 Å². The summed E-state index contributed by atoms with van der Waals surface area (Å²) in [4.78, 5) is 2.47. The molecule has 1 aliphatic carbocycles. The van der Waals surface area contributed by atoms with E-state index in [-0.39, 0.29) is 6.10 Å². The average molecular weight is 252 g/mol. The molecule has 1 unspecified atom stereocenters. The predicted molar refractivity (Wildman–Crippen MR) is 74.4 cm³/mol. The zero-order valence-electron chi connectivity index (χ0n) is 11.0. The van der Waals surface area contributed by atoms with Gasteiger partial charge in [0.1, 0.15) is 0 Å². The highest BCUT2D eigenvalue weighted by atomic mass is 32.1. The summed E-state index contributed by atoms with van der Waals surface area (Å²) in [6.07, 6.45) is 7.53. The Labute approximate surface area is 109 Å². The number of aryl methyl sites for hydroxylation is 1. The van der Waals surface area contributed by atoms with Crippen LogP contribution in [-0.2, 0) is 0 Å². The average Bonchev–Trinajstić information content (AvgIpc) is 2.76. The number of aliphatic hydroxyl groups is 1. The van der Waals surface area contributed by atoms with Crippen LogP contribution in [0.2, 0.25) is 0 Å². The number of thiophene rings is 1. The van der Waals surface area contributed by atoms with E-state index in [2.05, 4.69) is 26.0 Å². The summed E-state index contributed by atoms with van der Waals surface area (Å²) in [7, 11) is 0. The van der Waals surface area contributed by atoms with Crippen LogP contribution >= 0.6 is 11.3 Å². The Morgan fingerprint density at radius 2 is 2.00 bits per heavy atom. The minimum atomic E-state index is -0.212. The minimum Gasteiger partial charge on any atom is -0.387 e. The molecule has 2 heteroatoms. The normalized spacial score (nSPS) is 27.0. The lowest BCUT2D eigenvalue weighted by atomic mass is 9.77. The molecule has 17 heavy (non-hydrogen) atoms. The fourth-order valence-electron chi connectivity index (χ4n) is 3.05. The van der Waals surface area contributed by atoms with Gasteiger partial charge < -0.3 is 5.11 Å². The highest BCUT2D eigenvalue weighted by Gasteiger charge is 2.27. The zero-order chi connectivity index (χ0) is 12.3. The Bertz CT molecular complexity index is 336. The molecule has 0 radical (unpaired) electrons. The van der Waals surface area contributed by atoms with E-state index in [1.807, 2.05) is 0 Å². The third-order valence-electron chi connectivity index (χ3n) is 4.09. The quantitative estimate of drug-likeness (QED) is 0.823. The Kier molecular flexibility index (Phi) is 4.63. The summed E-state index contributed by atoms with van der Waals surface area (Å²) < 4.78 is 0. The summed E-state index contributed by atoms with van der Waals surface area (Å²) >= 11 is 1.75. The molecule has 1 saturated carbocycles. The van der Waals surface area contributed by atoms with Gasteiger partial charge in [-0.15, -0.1) is 11.3 Å². The summed E-state index contributed by atoms with van der Waals surface area (Å²) in [6.45, 7) is 4.38. The third kappa shape index (κ3) is 3.32. The van der Waals surface area contributed by atoms with E-state index in [1.54, 1.807) is 11.3 Å². The lowest BCUT2D eigenvalue weighted by Crippen LogP contribution is -2.19. The summed E-state index contributed by atoms with van der Waals surface area (Å²) in [6, 6.07) is 4.22. The lowest BCUT2D eigenvalue weighted by Gasteiger charge is -2.31. The van der Waals surface area contributed by atoms with Crippen LogP contribution in [0.4, 0.5) is 0 Å². The van der Waals surface area contributed by atoms with Gasteiger partial charge in [-0.1, -0.05) is 32.6 Å². The summed E-state index contributed by atoms with van der Waals surface area (Å²) in [5.41, 5.74) is 0. The van der Waals surface area contributed by atoms with Crippen LogP contribution in [0.1, 0.15) is 61.3 Å². The van der Waals surface area contributed by atoms with Crippen molar-refractivity contribution in [2.24, 2.45) is 11.8 Å². The first-order valence-corrected chi connectivity index (χ1v) is 7.76. The Morgan fingerprint density at radius 3 is 2.53 bits per heavy atom. The molecular weight excluding hydrogens is 228 g/mol. The van der Waals surface area contributed by atoms with E-state index in [4.69, 9.17) is 0 Å². The molecule has 0 amide bonds. The first kappa shape index (κ1) is 13.1. The molecule has 0 spiro atoms. The van der Waals surface area contributed by atoms with Gasteiger partial charge in [-0.05, 0) is 43.7 Å². The van der Waals surface area contributed by atoms with Crippen molar-refractivity contribution in [3.8, 4) is 0 Å². The van der Waals surface area contributed by atoms with E-state index in [0.717, 1.165) is 5.92 Å². The number of hydrogen-bond donors (Lipinski definition) is 1. The Morgan fingerprint density at radius 1 is 1.29 bits per heavy atom. The van der Waals surface area contributed by atoms with Gasteiger partial charge in [-0.3, -0.25) is 0 Å². The highest BCUT2D eigenvalue weighted by Crippen LogP contribution is 2.39. The second kappa shape index (κ2) is 6.01. The van der Waals surface area contributed by atoms with Crippen molar-refractivity contribution in [1.82, 2.24) is 0 Å². The molecule has 1 aliphatic rings. The van der Waals surface area contributed by atoms with Gasteiger partial charge in [0.05, 0.1) is 6.10 Å². The van der Waals surface area contributed by atoms with E-state index < -0.39 is 0 Å². The van der Waals surface area contributed by atoms with Crippen LogP contribution < -0.4 is 0 Å². The van der Waals surface area contributed by atoms with Gasteiger partial charge >= 0.3 is 0 Å². The molecule has 1 aromatic heterocycles. The molecule has 0 aromatic carbocycles. The van der Waals surface area contributed by atoms with Crippen molar-refractivity contribution in [2.45, 2.75) is 58.5 Å². The summed E-state index contributed by atoms with van der Waals surface area (Å²) in [5.74, 6) is 1.43. The van der Waals surface area contributed by atoms with Crippen LogP contribution in [-0.4, -0.2) is 5.11 Å². The second-order valence-electron chi connectivity index (χ2n) is 5.46. The molecule has 1 fully saturated rings. The number of rotatable bonds is 4. The first-order valence-electron chi connectivity index (χ1n) is 6.95. The topological polar surface area (TPSA) is 20.2 Å². The SMILES string of the molecule is CCCC1CCC(C(O)c2ccc(C)s2)CC1. The molecule has 2 rings (SSSR count). The Hall–Kier alpha value is -0.340. The lowest BCUT2D eigenvalue weighted by molar-refractivity contribution is 0.0750. The molecular formula is C15H24OS. The maximum absolute atomic E-state index is 10.4. The van der Waals surface area contributed by atoms with E-state index in [9.17, 15) is 5.11 Å². The van der Waals surface area contributed by atoms with E-state index >= 15 is 0 Å². The van der Waals surface area contributed by atoms with Gasteiger partial charge in [0.25, 0.3) is 0 Å². The molecule has 96 valence electrons. The monoisotopic (exact) mass is 252 g/mol. The van der Waals surface area contributed by atoms with Crippen molar-refractivity contribution in [2.75, 3.05) is 0 Å². The fraction of sp³-hybridized carbons (Fsp3) is 0.733. The Balaban J connectivity index is 1.88. The van der Waals surface area contributed by atoms with E-state index in [0.29, 0.717) is 5.92 Å². The van der Waals surface area contributed by atoms with E-state index in [1.165, 1.54) is 48.3 Å². The maximum Gasteiger partial charge on any atom is 0.0910 e. The van der Waals surface area contributed by atoms with Crippen molar-refractivity contribution in [3.05, 3.63) is 21.9 Å². The number of hydrogen-bond acceptors (Lipinski definition) is 2. The molecule has 0 bridgehead atoms. The highest BCUT2D eigenvalue weighted by molar-refractivity contribution is 7.12. The number of aliphatic hydroxyl groups excluding tert-OH is 1. The molecule has 0 aliphatic heterocycles. The van der Waals surface area contributed by atoms with Crippen LogP contribution in [0.5, 0.6) is 0 Å². The van der Waals surface area contributed by atoms with Crippen LogP contribution in [0.25, 0.3) is 0 Å². The smallest absolute Gasteiger partial charge is 0.0910 e. The van der Waals surface area contributed by atoms with Crippen LogP contribution in [0, 0.1) is 18.8 Å². The van der Waals surface area contributed by atoms with Gasteiger partial charge in [-0.2, -0.15) is 0 Å². The van der Waals surface area contributed by atoms with Crippen molar-refractivity contribution in [1.29, 1.82) is 0 Å². The molecule has 1 heterocycles. The van der Waals surface area contributed by atoms with Crippen LogP contribution in [0.3, 0.4) is 0 Å². The molecule has 0 saturated heterocycles. The zero-order valence-corrected chi connectivity index (χ0v) is 11.8. The van der Waals surface area contributed by atoms with Gasteiger partial charge in [0, 0.05) is 9.75 Å². The standard InChI is InChI=1S/C15H24OS/c1-3-4-12-6-8-13(9-7-12)15(16)14-10-5-11(2)17-14/h5,10,12-13,15-16H,3-4,6-9H2,1-2H3. The minimum absolute atomic E-state index is 0.212. The van der Waals surface area contributed by atoms with Crippen molar-refractivity contribution < 1.29 is 5.11 Å². The van der Waals surface area contributed by atoms with Crippen molar-refractivity contribution >= 4 is 11.3 Å². The van der Waals surface area contributed by atoms with Gasteiger partial charge in [-0.25, -0.2) is 0 Å². The van der Waals surface area contributed by atoms with Crippen molar-refractivity contribution in [3.63, 3.8) is 0 Å². The fourth-order valence-corrected chi connectivity index (χ4v) is 4.00. The second-order valence-corrected chi connectivity index (χ2v) is 6.78. The molecule has 1 atom stereocenters. The molecule has 1 aromatic rings. The van der Waals surface area contributed by atoms with Gasteiger partial charge in [0.15, 0.2) is 0 Å². The largest absolute Gasteiger partial charge is 0.387 e. The molecule has 1 N–H and O–H groups in total. The summed E-state index contributed by atoms with van der Waals surface area (Å²) in [5, 5.41) is 10.4.